The van der Waals surface area contributed by atoms with E-state index < -0.39 is 17.9 Å². The summed E-state index contributed by atoms with van der Waals surface area (Å²) in [5, 5.41) is 17.3. The van der Waals surface area contributed by atoms with Crippen LogP contribution in [0.3, 0.4) is 0 Å². The van der Waals surface area contributed by atoms with E-state index in [1.54, 1.807) is 18.2 Å². The van der Waals surface area contributed by atoms with Crippen molar-refractivity contribution >= 4 is 23.6 Å². The van der Waals surface area contributed by atoms with E-state index in [-0.39, 0.29) is 36.3 Å². The molecule has 8 heteroatoms. The fourth-order valence-corrected chi connectivity index (χ4v) is 2.30. The Hall–Kier alpha value is -2.61. The molecule has 1 aromatic rings. The number of hydrogen-bond donors (Lipinski definition) is 4. The summed E-state index contributed by atoms with van der Waals surface area (Å²) < 4.78 is 5.53. The number of ether oxygens (including phenoxy) is 1. The molecule has 1 fully saturated rings. The number of hydrogen-bond acceptors (Lipinski definition) is 4. The molecule has 1 unspecified atom stereocenters. The highest BCUT2D eigenvalue weighted by atomic mass is 16.5. The maximum Gasteiger partial charge on any atom is 0.326 e. The monoisotopic (exact) mass is 377 g/mol. The zero-order valence-corrected chi connectivity index (χ0v) is 15.9. The van der Waals surface area contributed by atoms with Crippen molar-refractivity contribution in [1.29, 1.82) is 0 Å². The number of carboxylic acid groups (broad SMARTS) is 1. The molecule has 1 atom stereocenters. The molecule has 27 heavy (non-hydrogen) atoms. The highest BCUT2D eigenvalue weighted by Crippen LogP contribution is 2.19. The average molecular weight is 377 g/mol. The van der Waals surface area contributed by atoms with E-state index in [2.05, 4.69) is 16.0 Å². The molecule has 0 saturated heterocycles. The molecular weight excluding hydrogens is 350 g/mol. The van der Waals surface area contributed by atoms with Gasteiger partial charge < -0.3 is 25.8 Å². The summed E-state index contributed by atoms with van der Waals surface area (Å²) in [6.45, 7) is 5.83. The fourth-order valence-electron chi connectivity index (χ4n) is 2.30. The van der Waals surface area contributed by atoms with Crippen molar-refractivity contribution < 1.29 is 24.2 Å². The van der Waals surface area contributed by atoms with Crippen LogP contribution in [-0.2, 0) is 9.53 Å². The number of aliphatic carboxylic acids is 1. The third-order valence-electron chi connectivity index (χ3n) is 3.84. The van der Waals surface area contributed by atoms with Crippen LogP contribution >= 0.6 is 0 Å². The van der Waals surface area contributed by atoms with Crippen molar-refractivity contribution in [3.8, 4) is 0 Å². The Bertz CT molecular complexity index is 695. The minimum Gasteiger partial charge on any atom is -0.480 e. The summed E-state index contributed by atoms with van der Waals surface area (Å²) in [7, 11) is 0. The number of rotatable bonds is 8. The second kappa shape index (κ2) is 8.85. The number of carbonyl (C=O) groups excluding carboxylic acids is 2. The van der Waals surface area contributed by atoms with Crippen molar-refractivity contribution in [3.05, 3.63) is 29.8 Å². The molecule has 1 aliphatic rings. The lowest BCUT2D eigenvalue weighted by molar-refractivity contribution is -0.140. The lowest BCUT2D eigenvalue weighted by Gasteiger charge is -2.21. The van der Waals surface area contributed by atoms with Crippen LogP contribution in [0.1, 0.15) is 50.4 Å². The fraction of sp³-hybridized carbons (Fsp3) is 0.526. The van der Waals surface area contributed by atoms with Crippen LogP contribution in [0.5, 0.6) is 0 Å². The molecule has 0 bridgehead atoms. The zero-order valence-electron chi connectivity index (χ0n) is 15.9. The molecule has 1 aliphatic carbocycles. The molecule has 0 aliphatic heterocycles. The minimum atomic E-state index is -1.13. The van der Waals surface area contributed by atoms with Gasteiger partial charge >= 0.3 is 12.0 Å². The van der Waals surface area contributed by atoms with E-state index in [1.807, 2.05) is 20.8 Å². The second-order valence-corrected chi connectivity index (χ2v) is 7.57. The molecular formula is C19H27N3O5. The standard InChI is InChI=1S/C19H27N3O5/c1-19(2,3)27-10-9-15(17(24)25)22-16(23)12-5-4-6-14(11-12)21-18(26)20-13-7-8-13/h4-6,11,13,15H,7-10H2,1-3H3,(H,22,23)(H,24,25)(H2,20,21,26). The van der Waals surface area contributed by atoms with Crippen LogP contribution in [0, 0.1) is 0 Å². The predicted octanol–water partition coefficient (Wildman–Crippen LogP) is 2.36. The van der Waals surface area contributed by atoms with Crippen LogP contribution in [0.25, 0.3) is 0 Å². The predicted molar refractivity (Wildman–Crippen MR) is 101 cm³/mol. The molecule has 8 nitrogen and oxygen atoms in total. The molecule has 0 heterocycles. The van der Waals surface area contributed by atoms with E-state index in [0.717, 1.165) is 12.8 Å². The van der Waals surface area contributed by atoms with Crippen molar-refractivity contribution in [2.45, 2.75) is 57.7 Å². The highest BCUT2D eigenvalue weighted by Gasteiger charge is 2.24. The molecule has 0 spiro atoms. The van der Waals surface area contributed by atoms with Gasteiger partial charge in [-0.05, 0) is 51.8 Å². The maximum atomic E-state index is 12.4. The Labute approximate surface area is 158 Å². The smallest absolute Gasteiger partial charge is 0.326 e. The number of anilines is 1. The number of amides is 3. The average Bonchev–Trinajstić information content (AvgIpc) is 3.36. The Morgan fingerprint density at radius 3 is 2.56 bits per heavy atom. The summed E-state index contributed by atoms with van der Waals surface area (Å²) in [6.07, 6.45) is 2.11. The second-order valence-electron chi connectivity index (χ2n) is 7.57. The Balaban J connectivity index is 1.92. The van der Waals surface area contributed by atoms with Crippen molar-refractivity contribution in [1.82, 2.24) is 10.6 Å². The number of carboxylic acids is 1. The minimum absolute atomic E-state index is 0.153. The molecule has 1 aromatic carbocycles. The van der Waals surface area contributed by atoms with Crippen LogP contribution in [-0.4, -0.2) is 47.3 Å². The first-order valence-corrected chi connectivity index (χ1v) is 8.99. The first kappa shape index (κ1) is 20.7. The number of benzene rings is 1. The number of carbonyl (C=O) groups is 3. The Morgan fingerprint density at radius 1 is 1.26 bits per heavy atom. The van der Waals surface area contributed by atoms with Gasteiger partial charge in [0.2, 0.25) is 0 Å². The highest BCUT2D eigenvalue weighted by molar-refractivity contribution is 5.98. The number of nitrogens with one attached hydrogen (secondary N) is 3. The van der Waals surface area contributed by atoms with E-state index in [9.17, 15) is 19.5 Å². The third kappa shape index (κ3) is 7.65. The molecule has 4 N–H and O–H groups in total. The quantitative estimate of drug-likeness (QED) is 0.555. The van der Waals surface area contributed by atoms with E-state index in [1.165, 1.54) is 6.07 Å². The summed E-state index contributed by atoms with van der Waals surface area (Å²) in [5.41, 5.74) is 0.347. The summed E-state index contributed by atoms with van der Waals surface area (Å²) in [6, 6.07) is 5.20. The topological polar surface area (TPSA) is 117 Å². The molecule has 3 amide bonds. The van der Waals surface area contributed by atoms with E-state index in [4.69, 9.17) is 4.74 Å². The van der Waals surface area contributed by atoms with E-state index in [0.29, 0.717) is 5.69 Å². The van der Waals surface area contributed by atoms with Crippen LogP contribution in [0.2, 0.25) is 0 Å². The summed E-state index contributed by atoms with van der Waals surface area (Å²) >= 11 is 0. The maximum absolute atomic E-state index is 12.4. The van der Waals surface area contributed by atoms with Crippen LogP contribution in [0.15, 0.2) is 24.3 Å². The van der Waals surface area contributed by atoms with E-state index >= 15 is 0 Å². The molecule has 1 saturated carbocycles. The molecule has 0 aromatic heterocycles. The summed E-state index contributed by atoms with van der Waals surface area (Å²) in [4.78, 5) is 35.6. The van der Waals surface area contributed by atoms with Crippen molar-refractivity contribution in [3.63, 3.8) is 0 Å². The lowest BCUT2D eigenvalue weighted by atomic mass is 10.1. The van der Waals surface area contributed by atoms with Gasteiger partial charge in [0.05, 0.1) is 5.60 Å². The Kier molecular flexibility index (Phi) is 6.79. The van der Waals surface area contributed by atoms with Gasteiger partial charge in [-0.2, -0.15) is 0 Å². The van der Waals surface area contributed by atoms with Gasteiger partial charge in [-0.1, -0.05) is 6.07 Å². The van der Waals surface area contributed by atoms with Crippen LogP contribution < -0.4 is 16.0 Å². The van der Waals surface area contributed by atoms with Gasteiger partial charge in [0, 0.05) is 30.3 Å². The SMILES string of the molecule is CC(C)(C)OCCC(NC(=O)c1cccc(NC(=O)NC2CC2)c1)C(=O)O. The molecule has 2 rings (SSSR count). The Morgan fingerprint density at radius 2 is 1.96 bits per heavy atom. The van der Waals surface area contributed by atoms with Gasteiger partial charge in [-0.3, -0.25) is 4.79 Å². The lowest BCUT2D eigenvalue weighted by Crippen LogP contribution is -2.42. The van der Waals surface area contributed by atoms with Gasteiger partial charge in [-0.15, -0.1) is 0 Å². The van der Waals surface area contributed by atoms with Crippen molar-refractivity contribution in [2.75, 3.05) is 11.9 Å². The van der Waals surface area contributed by atoms with Gasteiger partial charge in [0.15, 0.2) is 0 Å². The van der Waals surface area contributed by atoms with Gasteiger partial charge in [-0.25, -0.2) is 9.59 Å². The summed E-state index contributed by atoms with van der Waals surface area (Å²) in [5.74, 6) is -1.65. The van der Waals surface area contributed by atoms with Gasteiger partial charge in [0.1, 0.15) is 6.04 Å². The van der Waals surface area contributed by atoms with Crippen molar-refractivity contribution in [2.24, 2.45) is 0 Å². The molecule has 148 valence electrons. The first-order chi connectivity index (χ1) is 12.6. The number of urea groups is 1. The first-order valence-electron chi connectivity index (χ1n) is 8.99. The third-order valence-corrected chi connectivity index (χ3v) is 3.84. The normalized spacial score (nSPS) is 14.9. The molecule has 0 radical (unpaired) electrons. The largest absolute Gasteiger partial charge is 0.480 e. The van der Waals surface area contributed by atoms with Crippen LogP contribution in [0.4, 0.5) is 10.5 Å². The zero-order chi connectivity index (χ0) is 20.0. The van der Waals surface area contributed by atoms with Gasteiger partial charge in [0.25, 0.3) is 5.91 Å².